The van der Waals surface area contributed by atoms with E-state index in [0.29, 0.717) is 28.3 Å². The molecule has 0 aliphatic carbocycles. The average Bonchev–Trinajstić information content (AvgIpc) is 3.47. The summed E-state index contributed by atoms with van der Waals surface area (Å²) in [6, 6.07) is 23.0. The Morgan fingerprint density at radius 3 is 2.35 bits per heavy atom. The number of benzene rings is 3. The minimum atomic E-state index is -0.543. The van der Waals surface area contributed by atoms with Crippen molar-refractivity contribution < 1.29 is 23.7 Å². The van der Waals surface area contributed by atoms with Crippen LogP contribution in [0.25, 0.3) is 6.08 Å². The number of anilines is 2. The van der Waals surface area contributed by atoms with Crippen molar-refractivity contribution in [3.63, 3.8) is 0 Å². The fourth-order valence-electron chi connectivity index (χ4n) is 3.53. The second kappa shape index (κ2) is 13.1. The van der Waals surface area contributed by atoms with Crippen LogP contribution in [0.4, 0.5) is 17.1 Å². The van der Waals surface area contributed by atoms with Crippen LogP contribution in [0, 0.1) is 17.0 Å². The first-order chi connectivity index (χ1) is 19.3. The van der Waals surface area contributed by atoms with Gasteiger partial charge in [-0.25, -0.2) is 0 Å². The lowest BCUT2D eigenvalue weighted by atomic mass is 10.2. The predicted molar refractivity (Wildman–Crippen MR) is 153 cm³/mol. The molecule has 3 amide bonds. The number of carbonyl (C=O) groups is 3. The third-order valence-corrected chi connectivity index (χ3v) is 6.55. The molecule has 4 rings (SSSR count). The van der Waals surface area contributed by atoms with E-state index in [2.05, 4.69) is 16.0 Å². The maximum absolute atomic E-state index is 13.0. The van der Waals surface area contributed by atoms with Gasteiger partial charge in [0.2, 0.25) is 5.91 Å². The summed E-state index contributed by atoms with van der Waals surface area (Å²) in [4.78, 5) is 49.3. The van der Waals surface area contributed by atoms with Gasteiger partial charge in [-0.15, -0.1) is 11.8 Å². The standard InChI is InChI=1S/C29H24N4O6S/c1-19-16-22(33(37)38)11-14-25(19)31-27(34)18-40-24-12-9-21(10-13-24)30-29(36)26(17-23-8-5-15-39-23)32-28(35)20-6-3-2-4-7-20/h2-17H,18H2,1H3,(H,30,36)(H,31,34)(H,32,35)/b26-17-. The number of nitro benzene ring substituents is 1. The molecule has 202 valence electrons. The Balaban J connectivity index is 1.35. The average molecular weight is 557 g/mol. The number of thioether (sulfide) groups is 1. The third-order valence-electron chi connectivity index (χ3n) is 5.54. The third kappa shape index (κ3) is 7.68. The minimum Gasteiger partial charge on any atom is -0.465 e. The molecule has 0 saturated heterocycles. The summed E-state index contributed by atoms with van der Waals surface area (Å²) in [5, 5.41) is 19.0. The Morgan fingerprint density at radius 2 is 1.70 bits per heavy atom. The summed E-state index contributed by atoms with van der Waals surface area (Å²) in [6.07, 6.45) is 2.90. The first-order valence-electron chi connectivity index (χ1n) is 12.0. The molecular formula is C29H24N4O6S. The van der Waals surface area contributed by atoms with Crippen LogP contribution in [0.3, 0.4) is 0 Å². The van der Waals surface area contributed by atoms with Gasteiger partial charge in [0, 0.05) is 40.0 Å². The molecule has 40 heavy (non-hydrogen) atoms. The Labute approximate surface area is 233 Å². The number of nitro groups is 1. The van der Waals surface area contributed by atoms with E-state index in [-0.39, 0.29) is 23.0 Å². The number of hydrogen-bond donors (Lipinski definition) is 3. The van der Waals surface area contributed by atoms with Crippen LogP contribution in [-0.4, -0.2) is 28.4 Å². The van der Waals surface area contributed by atoms with Crippen molar-refractivity contribution in [1.29, 1.82) is 0 Å². The first-order valence-corrected chi connectivity index (χ1v) is 13.0. The Hall–Kier alpha value is -5.16. The van der Waals surface area contributed by atoms with Crippen LogP contribution in [0.2, 0.25) is 0 Å². The highest BCUT2D eigenvalue weighted by Crippen LogP contribution is 2.24. The van der Waals surface area contributed by atoms with Crippen LogP contribution in [0.1, 0.15) is 21.7 Å². The summed E-state index contributed by atoms with van der Waals surface area (Å²) in [5.41, 5.74) is 1.94. The molecule has 0 saturated carbocycles. The van der Waals surface area contributed by atoms with Crippen molar-refractivity contribution in [3.05, 3.63) is 124 Å². The van der Waals surface area contributed by atoms with Gasteiger partial charge in [-0.2, -0.15) is 0 Å². The van der Waals surface area contributed by atoms with Crippen LogP contribution in [0.15, 0.2) is 106 Å². The molecule has 1 aromatic heterocycles. The zero-order valence-electron chi connectivity index (χ0n) is 21.2. The summed E-state index contributed by atoms with van der Waals surface area (Å²) >= 11 is 1.29. The van der Waals surface area contributed by atoms with Crippen molar-refractivity contribution in [2.75, 3.05) is 16.4 Å². The van der Waals surface area contributed by atoms with Gasteiger partial charge in [-0.05, 0) is 67.1 Å². The molecular weight excluding hydrogens is 532 g/mol. The number of nitrogens with zero attached hydrogens (tertiary/aromatic N) is 1. The van der Waals surface area contributed by atoms with Gasteiger partial charge in [0.1, 0.15) is 11.5 Å². The molecule has 4 aromatic rings. The second-order valence-electron chi connectivity index (χ2n) is 8.47. The molecule has 0 aliphatic heterocycles. The number of carbonyl (C=O) groups excluding carboxylic acids is 3. The van der Waals surface area contributed by atoms with Gasteiger partial charge in [0.05, 0.1) is 16.9 Å². The minimum absolute atomic E-state index is 0.000429. The molecule has 0 bridgehead atoms. The molecule has 3 aromatic carbocycles. The maximum Gasteiger partial charge on any atom is 0.272 e. The normalized spacial score (nSPS) is 11.0. The van der Waals surface area contributed by atoms with E-state index < -0.39 is 16.7 Å². The molecule has 0 spiro atoms. The predicted octanol–water partition coefficient (Wildman–Crippen LogP) is 5.64. The molecule has 0 fully saturated rings. The van der Waals surface area contributed by atoms with E-state index in [9.17, 15) is 24.5 Å². The van der Waals surface area contributed by atoms with Crippen molar-refractivity contribution in [2.24, 2.45) is 0 Å². The largest absolute Gasteiger partial charge is 0.465 e. The Morgan fingerprint density at radius 1 is 0.950 bits per heavy atom. The van der Waals surface area contributed by atoms with E-state index in [0.717, 1.165) is 4.90 Å². The number of amides is 3. The zero-order valence-corrected chi connectivity index (χ0v) is 22.1. The molecule has 0 atom stereocenters. The van der Waals surface area contributed by atoms with Gasteiger partial charge in [-0.1, -0.05) is 18.2 Å². The smallest absolute Gasteiger partial charge is 0.272 e. The molecule has 0 radical (unpaired) electrons. The lowest BCUT2D eigenvalue weighted by Gasteiger charge is -2.11. The molecule has 1 heterocycles. The molecule has 11 heteroatoms. The topological polar surface area (TPSA) is 144 Å². The van der Waals surface area contributed by atoms with Gasteiger partial charge in [-0.3, -0.25) is 24.5 Å². The number of furan rings is 1. The van der Waals surface area contributed by atoms with Gasteiger partial charge < -0.3 is 20.4 Å². The maximum atomic E-state index is 13.0. The highest BCUT2D eigenvalue weighted by Gasteiger charge is 2.16. The van der Waals surface area contributed by atoms with Crippen molar-refractivity contribution in [1.82, 2.24) is 5.32 Å². The molecule has 3 N–H and O–H groups in total. The molecule has 0 unspecified atom stereocenters. The quantitative estimate of drug-likeness (QED) is 0.0993. The summed E-state index contributed by atoms with van der Waals surface area (Å²) in [6.45, 7) is 1.69. The monoisotopic (exact) mass is 556 g/mol. The summed E-state index contributed by atoms with van der Waals surface area (Å²) < 4.78 is 5.30. The van der Waals surface area contributed by atoms with E-state index in [1.807, 2.05) is 0 Å². The fraction of sp³-hybridized carbons (Fsp3) is 0.0690. The Bertz CT molecular complexity index is 1550. The zero-order chi connectivity index (χ0) is 28.5. The number of aryl methyl sites for hydroxylation is 1. The second-order valence-corrected chi connectivity index (χ2v) is 9.51. The van der Waals surface area contributed by atoms with Gasteiger partial charge in [0.15, 0.2) is 0 Å². The van der Waals surface area contributed by atoms with Gasteiger partial charge in [0.25, 0.3) is 17.5 Å². The van der Waals surface area contributed by atoms with E-state index >= 15 is 0 Å². The lowest BCUT2D eigenvalue weighted by Crippen LogP contribution is -2.30. The van der Waals surface area contributed by atoms with Crippen molar-refractivity contribution >= 4 is 52.6 Å². The molecule has 0 aliphatic rings. The van der Waals surface area contributed by atoms with Crippen LogP contribution in [0.5, 0.6) is 0 Å². The van der Waals surface area contributed by atoms with E-state index in [4.69, 9.17) is 4.42 Å². The van der Waals surface area contributed by atoms with Crippen molar-refractivity contribution in [3.8, 4) is 0 Å². The fourth-order valence-corrected chi connectivity index (χ4v) is 4.23. The van der Waals surface area contributed by atoms with Crippen molar-refractivity contribution in [2.45, 2.75) is 11.8 Å². The highest BCUT2D eigenvalue weighted by molar-refractivity contribution is 8.00. The van der Waals surface area contributed by atoms with E-state index in [1.54, 1.807) is 73.7 Å². The lowest BCUT2D eigenvalue weighted by molar-refractivity contribution is -0.384. The first kappa shape index (κ1) is 27.9. The highest BCUT2D eigenvalue weighted by atomic mass is 32.2. The SMILES string of the molecule is Cc1cc([N+](=O)[O-])ccc1NC(=O)CSc1ccc(NC(=O)/C(=C/c2ccco2)NC(=O)c2ccccc2)cc1. The number of hydrogen-bond acceptors (Lipinski definition) is 7. The molecule has 10 nitrogen and oxygen atoms in total. The Kier molecular flexibility index (Phi) is 9.11. The van der Waals surface area contributed by atoms with E-state index in [1.165, 1.54) is 42.3 Å². The van der Waals surface area contributed by atoms with Crippen LogP contribution >= 0.6 is 11.8 Å². The number of nitrogens with one attached hydrogen (secondary N) is 3. The summed E-state index contributed by atoms with van der Waals surface area (Å²) in [7, 11) is 0. The number of rotatable bonds is 10. The van der Waals surface area contributed by atoms with Gasteiger partial charge >= 0.3 is 0 Å². The summed E-state index contributed by atoms with van der Waals surface area (Å²) in [5.74, 6) is -0.737. The number of non-ortho nitro benzene ring substituents is 1. The van der Waals surface area contributed by atoms with Crippen LogP contribution in [-0.2, 0) is 9.59 Å². The van der Waals surface area contributed by atoms with Crippen LogP contribution < -0.4 is 16.0 Å².